The van der Waals surface area contributed by atoms with Gasteiger partial charge in [-0.3, -0.25) is 4.79 Å². The molecule has 1 amide bonds. The number of hydrogen-bond acceptors (Lipinski definition) is 6. The number of piperidine rings is 1. The van der Waals surface area contributed by atoms with Crippen molar-refractivity contribution in [3.05, 3.63) is 59.2 Å². The Morgan fingerprint density at radius 3 is 2.64 bits per heavy atom. The number of carbonyl (C=O) groups excluding carboxylic acids is 1. The quantitative estimate of drug-likeness (QED) is 0.505. The second kappa shape index (κ2) is 10.2. The zero-order valence-electron chi connectivity index (χ0n) is 19.6. The molecular formula is C26H34N2O5. The van der Waals surface area contributed by atoms with Gasteiger partial charge in [-0.2, -0.15) is 0 Å². The summed E-state index contributed by atoms with van der Waals surface area (Å²) < 4.78 is 17.1. The number of anilines is 1. The topological polar surface area (TPSA) is 89.1 Å². The largest absolute Gasteiger partial charge is 0.494 e. The van der Waals surface area contributed by atoms with Crippen LogP contribution >= 0.6 is 0 Å². The molecule has 0 aromatic heterocycles. The van der Waals surface area contributed by atoms with Crippen LogP contribution in [0.1, 0.15) is 42.9 Å². The van der Waals surface area contributed by atoms with E-state index in [1.807, 2.05) is 56.3 Å². The van der Waals surface area contributed by atoms with Gasteiger partial charge >= 0.3 is 0 Å². The number of hydrogen-bond donors (Lipinski definition) is 3. The smallest absolute Gasteiger partial charge is 0.234 e. The van der Waals surface area contributed by atoms with E-state index in [0.717, 1.165) is 34.5 Å². The summed E-state index contributed by atoms with van der Waals surface area (Å²) in [7, 11) is 1.68. The fraction of sp³-hybridized carbons (Fsp3) is 0.500. The number of aliphatic hydroxyl groups excluding tert-OH is 1. The summed E-state index contributed by atoms with van der Waals surface area (Å²) in [5.41, 5.74) is 3.26. The van der Waals surface area contributed by atoms with Gasteiger partial charge in [0, 0.05) is 44.7 Å². The van der Waals surface area contributed by atoms with Crippen LogP contribution in [0.2, 0.25) is 0 Å². The molecule has 4 rings (SSSR count). The van der Waals surface area contributed by atoms with E-state index in [1.165, 1.54) is 0 Å². The van der Waals surface area contributed by atoms with E-state index in [9.17, 15) is 9.90 Å². The van der Waals surface area contributed by atoms with E-state index in [0.29, 0.717) is 32.9 Å². The average Bonchev–Trinajstić information content (AvgIpc) is 3.05. The molecule has 2 heterocycles. The van der Waals surface area contributed by atoms with Crippen molar-refractivity contribution in [2.24, 2.45) is 0 Å². The Balaban J connectivity index is 1.45. The van der Waals surface area contributed by atoms with Crippen LogP contribution in [0.25, 0.3) is 0 Å². The third-order valence-corrected chi connectivity index (χ3v) is 6.62. The minimum atomic E-state index is -0.558. The molecule has 2 aromatic carbocycles. The van der Waals surface area contributed by atoms with E-state index < -0.39 is 11.5 Å². The van der Waals surface area contributed by atoms with Gasteiger partial charge < -0.3 is 30.0 Å². The average molecular weight is 455 g/mol. The monoisotopic (exact) mass is 454 g/mol. The first-order valence-electron chi connectivity index (χ1n) is 11.6. The van der Waals surface area contributed by atoms with Crippen molar-refractivity contribution in [1.29, 1.82) is 0 Å². The number of benzene rings is 2. The van der Waals surface area contributed by atoms with E-state index in [4.69, 9.17) is 14.2 Å². The van der Waals surface area contributed by atoms with Gasteiger partial charge in [0.05, 0.1) is 36.5 Å². The molecule has 0 aliphatic carbocycles. The van der Waals surface area contributed by atoms with Crippen LogP contribution in [-0.4, -0.2) is 56.6 Å². The van der Waals surface area contributed by atoms with Crippen molar-refractivity contribution in [2.75, 3.05) is 38.7 Å². The van der Waals surface area contributed by atoms with E-state index in [-0.39, 0.29) is 17.9 Å². The van der Waals surface area contributed by atoms with Crippen LogP contribution in [0, 0.1) is 0 Å². The van der Waals surface area contributed by atoms with Gasteiger partial charge in [0.15, 0.2) is 0 Å². The Kier molecular flexibility index (Phi) is 7.34. The molecule has 2 aliphatic rings. The van der Waals surface area contributed by atoms with Gasteiger partial charge in [0.1, 0.15) is 5.75 Å². The van der Waals surface area contributed by atoms with Crippen LogP contribution in [-0.2, 0) is 26.3 Å². The molecule has 0 unspecified atom stereocenters. The summed E-state index contributed by atoms with van der Waals surface area (Å²) >= 11 is 0. The fourth-order valence-electron chi connectivity index (χ4n) is 4.63. The number of fused-ring (bicyclic) bond motifs is 1. The second-order valence-electron chi connectivity index (χ2n) is 9.28. The van der Waals surface area contributed by atoms with E-state index in [2.05, 4.69) is 10.6 Å². The Bertz CT molecular complexity index is 960. The van der Waals surface area contributed by atoms with Crippen molar-refractivity contribution in [3.8, 4) is 5.75 Å². The lowest BCUT2D eigenvalue weighted by molar-refractivity contribution is -0.119. The van der Waals surface area contributed by atoms with Crippen molar-refractivity contribution in [1.82, 2.24) is 5.32 Å². The fourth-order valence-corrected chi connectivity index (χ4v) is 4.63. The normalized spacial score (nSPS) is 23.8. The van der Waals surface area contributed by atoms with E-state index in [1.54, 1.807) is 7.11 Å². The van der Waals surface area contributed by atoms with Crippen molar-refractivity contribution in [3.63, 3.8) is 0 Å². The first kappa shape index (κ1) is 23.7. The number of nitrogens with one attached hydrogen (secondary N) is 2. The van der Waals surface area contributed by atoms with Crippen LogP contribution in [0.5, 0.6) is 5.75 Å². The third kappa shape index (κ3) is 5.06. The maximum absolute atomic E-state index is 12.4. The molecule has 0 bridgehead atoms. The molecule has 7 nitrogen and oxygen atoms in total. The first-order valence-corrected chi connectivity index (χ1v) is 11.6. The molecule has 7 heteroatoms. The van der Waals surface area contributed by atoms with Crippen molar-refractivity contribution >= 4 is 11.6 Å². The number of β-amino-alcohol motifs (C(OH)–C–C–N with tert-alkyl or cyclic N) is 1. The highest BCUT2D eigenvalue weighted by Gasteiger charge is 2.40. The summed E-state index contributed by atoms with van der Waals surface area (Å²) in [4.78, 5) is 12.4. The number of methoxy groups -OCH3 is 1. The molecule has 2 aromatic rings. The molecule has 0 saturated carbocycles. The Labute approximate surface area is 195 Å². The molecular weight excluding hydrogens is 420 g/mol. The molecule has 1 fully saturated rings. The second-order valence-corrected chi connectivity index (χ2v) is 9.28. The SMILES string of the molecule is COCCCOc1ccc([C@H]2[C@H](O)CNC[C@@H]2OCc2cccc3c2NC(=O)C3(C)C)cc1. The highest BCUT2D eigenvalue weighted by Crippen LogP contribution is 2.40. The van der Waals surface area contributed by atoms with Gasteiger partial charge in [-0.05, 0) is 37.1 Å². The van der Waals surface area contributed by atoms with Gasteiger partial charge in [-0.15, -0.1) is 0 Å². The maximum atomic E-state index is 12.4. The van der Waals surface area contributed by atoms with E-state index >= 15 is 0 Å². The predicted octanol–water partition coefficient (Wildman–Crippen LogP) is 2.96. The number of aliphatic hydroxyl groups is 1. The number of rotatable bonds is 9. The van der Waals surface area contributed by atoms with Crippen LogP contribution < -0.4 is 15.4 Å². The molecule has 178 valence electrons. The minimum absolute atomic E-state index is 0.00195. The molecule has 0 spiro atoms. The summed E-state index contributed by atoms with van der Waals surface area (Å²) in [5.74, 6) is 0.646. The molecule has 3 atom stereocenters. The minimum Gasteiger partial charge on any atom is -0.494 e. The Morgan fingerprint density at radius 1 is 1.09 bits per heavy atom. The summed E-state index contributed by atoms with van der Waals surface area (Å²) in [6, 6.07) is 13.8. The zero-order valence-corrected chi connectivity index (χ0v) is 19.6. The van der Waals surface area contributed by atoms with Gasteiger partial charge in [-0.1, -0.05) is 30.3 Å². The Morgan fingerprint density at radius 2 is 1.88 bits per heavy atom. The lowest BCUT2D eigenvalue weighted by Crippen LogP contribution is -2.49. The first-order chi connectivity index (χ1) is 15.9. The maximum Gasteiger partial charge on any atom is 0.234 e. The molecule has 2 aliphatic heterocycles. The standard InChI is InChI=1S/C26H34N2O5/c1-26(2)20-7-4-6-18(24(20)28-25(26)30)16-33-22-15-27-14-21(29)23(22)17-8-10-19(11-9-17)32-13-5-12-31-3/h4,6-11,21-23,27,29H,5,12-16H2,1-3H3,(H,28,30)/t21-,22+,23+/m1/s1. The highest BCUT2D eigenvalue weighted by atomic mass is 16.5. The van der Waals surface area contributed by atoms with Gasteiger partial charge in [0.2, 0.25) is 5.91 Å². The van der Waals surface area contributed by atoms with Crippen LogP contribution in [0.4, 0.5) is 5.69 Å². The summed E-state index contributed by atoms with van der Waals surface area (Å²) in [5, 5.41) is 17.1. The Hall–Kier alpha value is -2.45. The van der Waals surface area contributed by atoms with Crippen LogP contribution in [0.3, 0.4) is 0 Å². The molecule has 0 radical (unpaired) electrons. The lowest BCUT2D eigenvalue weighted by Gasteiger charge is -2.36. The molecule has 33 heavy (non-hydrogen) atoms. The number of ether oxygens (including phenoxy) is 3. The van der Waals surface area contributed by atoms with Crippen molar-refractivity contribution < 1.29 is 24.1 Å². The third-order valence-electron chi connectivity index (χ3n) is 6.62. The number of carbonyl (C=O) groups is 1. The van der Waals surface area contributed by atoms with Gasteiger partial charge in [0.25, 0.3) is 0 Å². The highest BCUT2D eigenvalue weighted by molar-refractivity contribution is 6.06. The predicted molar refractivity (Wildman–Crippen MR) is 127 cm³/mol. The van der Waals surface area contributed by atoms with Gasteiger partial charge in [-0.25, -0.2) is 0 Å². The number of para-hydroxylation sites is 1. The lowest BCUT2D eigenvalue weighted by atomic mass is 9.85. The molecule has 1 saturated heterocycles. The zero-order chi connectivity index (χ0) is 23.4. The number of amides is 1. The summed E-state index contributed by atoms with van der Waals surface area (Å²) in [6.07, 6.45) is 0.0719. The molecule has 3 N–H and O–H groups in total. The summed E-state index contributed by atoms with van der Waals surface area (Å²) in [6.45, 7) is 6.65. The van der Waals surface area contributed by atoms with Crippen LogP contribution in [0.15, 0.2) is 42.5 Å². The van der Waals surface area contributed by atoms with Crippen molar-refractivity contribution in [2.45, 2.75) is 50.4 Å².